The summed E-state index contributed by atoms with van der Waals surface area (Å²) in [6, 6.07) is 6.44. The van der Waals surface area contributed by atoms with E-state index in [9.17, 15) is 4.79 Å². The van der Waals surface area contributed by atoms with Crippen molar-refractivity contribution < 1.29 is 9.90 Å². The van der Waals surface area contributed by atoms with Crippen LogP contribution in [0.25, 0.3) is 0 Å². The molecule has 0 aromatic heterocycles. The Morgan fingerprint density at radius 3 is 2.33 bits per heavy atom. The second kappa shape index (κ2) is 3.78. The smallest absolute Gasteiger partial charge is 0.422 e. The highest BCUT2D eigenvalue weighted by Crippen LogP contribution is 2.20. The molecular weight excluding hydrogens is 245 g/mol. The van der Waals surface area contributed by atoms with E-state index < -0.39 is 6.09 Å². The van der Waals surface area contributed by atoms with Gasteiger partial charge in [0.25, 0.3) is 0 Å². The Bertz CT molecular complexity index is 288. The number of hydrogen-bond donors (Lipinski definition) is 1. The Labute approximate surface area is 82.9 Å². The minimum absolute atomic E-state index is 0.520. The molecule has 0 bridgehead atoms. The highest BCUT2D eigenvalue weighted by atomic mass is 79.9. The van der Waals surface area contributed by atoms with Crippen molar-refractivity contribution in [1.82, 2.24) is 0 Å². The number of hydrogen-bond acceptors (Lipinski definition) is 1. The van der Waals surface area contributed by atoms with Gasteiger partial charge in [0.2, 0.25) is 0 Å². The largest absolute Gasteiger partial charge is 0.464 e. The van der Waals surface area contributed by atoms with E-state index in [4.69, 9.17) is 16.7 Å². The van der Waals surface area contributed by atoms with E-state index in [1.807, 2.05) is 0 Å². The van der Waals surface area contributed by atoms with Crippen molar-refractivity contribution >= 4 is 39.5 Å². The zero-order valence-corrected chi connectivity index (χ0v) is 8.21. The second-order valence-corrected chi connectivity index (χ2v) is 3.19. The van der Waals surface area contributed by atoms with Crippen LogP contribution >= 0.6 is 27.7 Å². The molecule has 1 aromatic rings. The van der Waals surface area contributed by atoms with E-state index in [1.165, 1.54) is 0 Å². The first kappa shape index (κ1) is 9.35. The quantitative estimate of drug-likeness (QED) is 0.778. The van der Waals surface area contributed by atoms with Crippen molar-refractivity contribution in [1.29, 1.82) is 0 Å². The van der Waals surface area contributed by atoms with Gasteiger partial charge in [0.15, 0.2) is 0 Å². The Balaban J connectivity index is 2.89. The lowest BCUT2D eigenvalue weighted by Gasteiger charge is -2.09. The molecule has 64 valence electrons. The summed E-state index contributed by atoms with van der Waals surface area (Å²) >= 11 is 8.48. The molecule has 0 radical (unpaired) electrons. The van der Waals surface area contributed by atoms with Crippen LogP contribution in [0.4, 0.5) is 10.5 Å². The van der Waals surface area contributed by atoms with Gasteiger partial charge in [-0.1, -0.05) is 11.6 Å². The summed E-state index contributed by atoms with van der Waals surface area (Å²) < 4.78 is 0.934. The Morgan fingerprint density at radius 1 is 1.42 bits per heavy atom. The van der Waals surface area contributed by atoms with Crippen LogP contribution in [0.2, 0.25) is 5.02 Å². The van der Waals surface area contributed by atoms with Crippen molar-refractivity contribution in [3.8, 4) is 0 Å². The number of halogens is 2. The molecule has 0 aliphatic rings. The molecule has 0 saturated carbocycles. The van der Waals surface area contributed by atoms with Gasteiger partial charge in [-0.3, -0.25) is 0 Å². The normalized spacial score (nSPS) is 9.50. The van der Waals surface area contributed by atoms with Gasteiger partial charge >= 0.3 is 6.09 Å². The van der Waals surface area contributed by atoms with E-state index in [0.717, 1.165) is 3.93 Å². The van der Waals surface area contributed by atoms with Crippen LogP contribution in [0.3, 0.4) is 0 Å². The van der Waals surface area contributed by atoms with Crippen LogP contribution in [0, 0.1) is 0 Å². The van der Waals surface area contributed by atoms with Crippen molar-refractivity contribution in [2.45, 2.75) is 0 Å². The molecule has 1 aromatic carbocycles. The van der Waals surface area contributed by atoms with Crippen molar-refractivity contribution in [2.75, 3.05) is 3.93 Å². The summed E-state index contributed by atoms with van der Waals surface area (Å²) in [5.74, 6) is 0. The van der Waals surface area contributed by atoms with Gasteiger partial charge < -0.3 is 5.11 Å². The van der Waals surface area contributed by atoms with Crippen LogP contribution in [-0.2, 0) is 0 Å². The Kier molecular flexibility index (Phi) is 2.94. The number of anilines is 1. The maximum Gasteiger partial charge on any atom is 0.422 e. The second-order valence-electron chi connectivity index (χ2n) is 2.04. The topological polar surface area (TPSA) is 40.5 Å². The number of carboxylic acid groups (broad SMARTS) is 1. The summed E-state index contributed by atoms with van der Waals surface area (Å²) in [5.41, 5.74) is 0.520. The third kappa shape index (κ3) is 2.12. The summed E-state index contributed by atoms with van der Waals surface area (Å²) in [6.07, 6.45) is -1.07. The molecule has 0 spiro atoms. The summed E-state index contributed by atoms with van der Waals surface area (Å²) in [5, 5.41) is 9.12. The fraction of sp³-hybridized carbons (Fsp3) is 0. The highest BCUT2D eigenvalue weighted by molar-refractivity contribution is 9.10. The molecule has 0 heterocycles. The molecular formula is C7H5BrClNO2. The first-order valence-corrected chi connectivity index (χ1v) is 4.14. The molecule has 0 atom stereocenters. The predicted molar refractivity (Wildman–Crippen MR) is 50.9 cm³/mol. The molecule has 1 amide bonds. The third-order valence-electron chi connectivity index (χ3n) is 1.22. The molecule has 0 unspecified atom stereocenters. The summed E-state index contributed by atoms with van der Waals surface area (Å²) in [4.78, 5) is 10.4. The fourth-order valence-corrected chi connectivity index (χ4v) is 1.04. The monoisotopic (exact) mass is 249 g/mol. The number of nitrogens with zero attached hydrogens (tertiary/aromatic N) is 1. The molecule has 5 heteroatoms. The van der Waals surface area contributed by atoms with E-state index in [2.05, 4.69) is 16.1 Å². The van der Waals surface area contributed by atoms with Crippen molar-refractivity contribution in [2.24, 2.45) is 0 Å². The zero-order valence-electron chi connectivity index (χ0n) is 5.87. The average molecular weight is 250 g/mol. The van der Waals surface area contributed by atoms with Gasteiger partial charge in [-0.15, -0.1) is 0 Å². The molecule has 1 N–H and O–H groups in total. The van der Waals surface area contributed by atoms with Crippen LogP contribution in [-0.4, -0.2) is 11.2 Å². The Hall–Kier alpha value is -0.740. The van der Waals surface area contributed by atoms with Crippen molar-refractivity contribution in [3.05, 3.63) is 29.3 Å². The van der Waals surface area contributed by atoms with Gasteiger partial charge in [-0.25, -0.2) is 8.72 Å². The van der Waals surface area contributed by atoms with Gasteiger partial charge in [0.05, 0.1) is 21.8 Å². The number of rotatable bonds is 1. The van der Waals surface area contributed by atoms with Gasteiger partial charge in [0, 0.05) is 5.02 Å². The number of benzene rings is 1. The highest BCUT2D eigenvalue weighted by Gasteiger charge is 2.09. The molecule has 0 saturated heterocycles. The maximum atomic E-state index is 10.4. The first-order chi connectivity index (χ1) is 5.61. The summed E-state index contributed by atoms with van der Waals surface area (Å²) in [6.45, 7) is 0. The minimum Gasteiger partial charge on any atom is -0.464 e. The minimum atomic E-state index is -1.07. The predicted octanol–water partition coefficient (Wildman–Crippen LogP) is 3.13. The average Bonchev–Trinajstić information content (AvgIpc) is 2.04. The van der Waals surface area contributed by atoms with Gasteiger partial charge in [0.1, 0.15) is 0 Å². The molecule has 0 aliphatic carbocycles. The van der Waals surface area contributed by atoms with Crippen molar-refractivity contribution in [3.63, 3.8) is 0 Å². The van der Waals surface area contributed by atoms with E-state index >= 15 is 0 Å². The van der Waals surface area contributed by atoms with E-state index in [-0.39, 0.29) is 0 Å². The number of amides is 1. The lowest BCUT2D eigenvalue weighted by molar-refractivity contribution is 0.207. The molecule has 12 heavy (non-hydrogen) atoms. The SMILES string of the molecule is O=C(O)N(Br)c1ccc(Cl)cc1. The van der Waals surface area contributed by atoms with Crippen LogP contribution in [0.15, 0.2) is 24.3 Å². The van der Waals surface area contributed by atoms with Crippen LogP contribution in [0.5, 0.6) is 0 Å². The van der Waals surface area contributed by atoms with E-state index in [0.29, 0.717) is 10.7 Å². The summed E-state index contributed by atoms with van der Waals surface area (Å²) in [7, 11) is 0. The third-order valence-corrected chi connectivity index (χ3v) is 2.19. The number of carbonyl (C=O) groups is 1. The van der Waals surface area contributed by atoms with Gasteiger partial charge in [-0.2, -0.15) is 0 Å². The first-order valence-electron chi connectivity index (χ1n) is 3.05. The molecule has 3 nitrogen and oxygen atoms in total. The van der Waals surface area contributed by atoms with Crippen LogP contribution in [0.1, 0.15) is 0 Å². The zero-order chi connectivity index (χ0) is 9.14. The molecule has 0 aliphatic heterocycles. The lowest BCUT2D eigenvalue weighted by atomic mass is 10.3. The maximum absolute atomic E-state index is 10.4. The standard InChI is InChI=1S/C7H5BrClNO2/c8-10(7(11)12)6-3-1-5(9)2-4-6/h1-4H,(H,11,12). The van der Waals surface area contributed by atoms with Crippen LogP contribution < -0.4 is 3.93 Å². The van der Waals surface area contributed by atoms with E-state index in [1.54, 1.807) is 24.3 Å². The molecule has 1 rings (SSSR count). The Morgan fingerprint density at radius 2 is 1.92 bits per heavy atom. The van der Waals surface area contributed by atoms with Gasteiger partial charge in [-0.05, 0) is 24.3 Å². The lowest BCUT2D eigenvalue weighted by Crippen LogP contribution is -2.16. The molecule has 0 fully saturated rings. The fourth-order valence-electron chi connectivity index (χ4n) is 0.682.